The minimum absolute atomic E-state index is 0.247. The van der Waals surface area contributed by atoms with Crippen LogP contribution >= 0.6 is 15.9 Å². The SMILES string of the molecule is CC1CN(C(=O)OC(C)(C)C)CCN1CCCOc1c(F)cccc1Br. The Bertz CT molecular complexity index is 601. The summed E-state index contributed by atoms with van der Waals surface area (Å²) in [5.41, 5.74) is -0.476. The van der Waals surface area contributed by atoms with Crippen molar-refractivity contribution < 1.29 is 18.7 Å². The Hall–Kier alpha value is -1.34. The van der Waals surface area contributed by atoms with E-state index >= 15 is 0 Å². The quantitative estimate of drug-likeness (QED) is 0.653. The van der Waals surface area contributed by atoms with E-state index in [1.807, 2.05) is 20.8 Å². The monoisotopic (exact) mass is 430 g/mol. The van der Waals surface area contributed by atoms with Gasteiger partial charge in [-0.05, 0) is 62.2 Å². The fraction of sp³-hybridized carbons (Fsp3) is 0.632. The summed E-state index contributed by atoms with van der Waals surface area (Å²) in [6, 6.07) is 5.03. The molecular weight excluding hydrogens is 403 g/mol. The van der Waals surface area contributed by atoms with Crippen molar-refractivity contribution in [2.45, 2.75) is 45.8 Å². The molecule has 0 aliphatic carbocycles. The van der Waals surface area contributed by atoms with Crippen molar-refractivity contribution in [2.75, 3.05) is 32.8 Å². The molecule has 1 atom stereocenters. The number of piperazine rings is 1. The van der Waals surface area contributed by atoms with Crippen LogP contribution in [-0.4, -0.2) is 60.3 Å². The normalized spacial score (nSPS) is 18.7. The predicted octanol–water partition coefficient (Wildman–Crippen LogP) is 4.30. The molecule has 1 unspecified atom stereocenters. The average Bonchev–Trinajstić information content (AvgIpc) is 2.53. The lowest BCUT2D eigenvalue weighted by Gasteiger charge is -2.40. The van der Waals surface area contributed by atoms with Gasteiger partial charge in [-0.2, -0.15) is 0 Å². The number of nitrogens with zero attached hydrogens (tertiary/aromatic N) is 2. The first-order chi connectivity index (χ1) is 12.2. The molecule has 0 spiro atoms. The zero-order chi connectivity index (χ0) is 19.3. The smallest absolute Gasteiger partial charge is 0.410 e. The van der Waals surface area contributed by atoms with E-state index in [4.69, 9.17) is 9.47 Å². The van der Waals surface area contributed by atoms with E-state index in [2.05, 4.69) is 27.8 Å². The van der Waals surface area contributed by atoms with Crippen LogP contribution in [0, 0.1) is 5.82 Å². The highest BCUT2D eigenvalue weighted by Gasteiger charge is 2.29. The highest BCUT2D eigenvalue weighted by molar-refractivity contribution is 9.10. The zero-order valence-electron chi connectivity index (χ0n) is 15.9. The summed E-state index contributed by atoms with van der Waals surface area (Å²) >= 11 is 3.30. The van der Waals surface area contributed by atoms with Crippen molar-refractivity contribution in [3.8, 4) is 5.75 Å². The molecule has 2 rings (SSSR count). The van der Waals surface area contributed by atoms with Crippen molar-refractivity contribution in [1.29, 1.82) is 0 Å². The second-order valence-electron chi connectivity index (χ2n) is 7.56. The van der Waals surface area contributed by atoms with Gasteiger partial charge >= 0.3 is 6.09 Å². The molecule has 0 bridgehead atoms. The van der Waals surface area contributed by atoms with Gasteiger partial charge in [0.1, 0.15) is 5.60 Å². The number of hydrogen-bond acceptors (Lipinski definition) is 4. The Morgan fingerprint density at radius 2 is 2.08 bits per heavy atom. The molecule has 1 saturated heterocycles. The Morgan fingerprint density at radius 1 is 1.35 bits per heavy atom. The first kappa shape index (κ1) is 21.0. The van der Waals surface area contributed by atoms with E-state index in [9.17, 15) is 9.18 Å². The number of hydrogen-bond donors (Lipinski definition) is 0. The van der Waals surface area contributed by atoms with Gasteiger partial charge < -0.3 is 14.4 Å². The van der Waals surface area contributed by atoms with E-state index in [-0.39, 0.29) is 23.7 Å². The van der Waals surface area contributed by atoms with Gasteiger partial charge in [-0.1, -0.05) is 6.07 Å². The van der Waals surface area contributed by atoms with Crippen LogP contribution in [0.5, 0.6) is 5.75 Å². The van der Waals surface area contributed by atoms with Gasteiger partial charge in [-0.3, -0.25) is 4.90 Å². The van der Waals surface area contributed by atoms with Gasteiger partial charge in [0.25, 0.3) is 0 Å². The maximum absolute atomic E-state index is 13.7. The van der Waals surface area contributed by atoms with Crippen LogP contribution in [0.1, 0.15) is 34.1 Å². The van der Waals surface area contributed by atoms with E-state index < -0.39 is 5.60 Å². The summed E-state index contributed by atoms with van der Waals surface area (Å²) < 4.78 is 25.4. The van der Waals surface area contributed by atoms with Crippen molar-refractivity contribution in [3.05, 3.63) is 28.5 Å². The van der Waals surface area contributed by atoms with Gasteiger partial charge in [0.2, 0.25) is 0 Å². The van der Waals surface area contributed by atoms with Crippen LogP contribution in [0.15, 0.2) is 22.7 Å². The summed E-state index contributed by atoms with van der Waals surface area (Å²) in [5.74, 6) is -0.103. The third-order valence-corrected chi connectivity index (χ3v) is 4.80. The maximum atomic E-state index is 13.7. The van der Waals surface area contributed by atoms with Crippen LogP contribution < -0.4 is 4.74 Å². The minimum atomic E-state index is -0.476. The van der Waals surface area contributed by atoms with Crippen LogP contribution in [0.25, 0.3) is 0 Å². The molecule has 0 aromatic heterocycles. The molecule has 5 nitrogen and oxygen atoms in total. The molecule has 1 heterocycles. The van der Waals surface area contributed by atoms with Crippen molar-refractivity contribution in [1.82, 2.24) is 9.80 Å². The molecule has 146 valence electrons. The number of para-hydroxylation sites is 1. The molecule has 1 fully saturated rings. The molecule has 7 heteroatoms. The van der Waals surface area contributed by atoms with Crippen molar-refractivity contribution >= 4 is 22.0 Å². The lowest BCUT2D eigenvalue weighted by molar-refractivity contribution is 0.00523. The van der Waals surface area contributed by atoms with Crippen molar-refractivity contribution in [2.24, 2.45) is 0 Å². The highest BCUT2D eigenvalue weighted by Crippen LogP contribution is 2.27. The molecule has 1 aliphatic heterocycles. The molecule has 1 aliphatic rings. The van der Waals surface area contributed by atoms with E-state index in [0.717, 1.165) is 19.5 Å². The highest BCUT2D eigenvalue weighted by atomic mass is 79.9. The summed E-state index contributed by atoms with van der Waals surface area (Å²) in [5, 5.41) is 0. The number of carbonyl (C=O) groups excluding carboxylic acids is 1. The second-order valence-corrected chi connectivity index (χ2v) is 8.42. The first-order valence-electron chi connectivity index (χ1n) is 8.96. The van der Waals surface area contributed by atoms with E-state index in [1.54, 1.807) is 17.0 Å². The van der Waals surface area contributed by atoms with Gasteiger partial charge in [0, 0.05) is 32.2 Å². The Morgan fingerprint density at radius 3 is 2.69 bits per heavy atom. The largest absolute Gasteiger partial charge is 0.489 e. The summed E-state index contributed by atoms with van der Waals surface area (Å²) in [6.45, 7) is 11.1. The van der Waals surface area contributed by atoms with E-state index in [1.165, 1.54) is 6.07 Å². The molecule has 26 heavy (non-hydrogen) atoms. The van der Waals surface area contributed by atoms with Crippen molar-refractivity contribution in [3.63, 3.8) is 0 Å². The maximum Gasteiger partial charge on any atom is 0.410 e. The lowest BCUT2D eigenvalue weighted by Crippen LogP contribution is -2.54. The average molecular weight is 431 g/mol. The molecule has 0 N–H and O–H groups in total. The summed E-state index contributed by atoms with van der Waals surface area (Å²) in [4.78, 5) is 16.3. The third kappa shape index (κ3) is 6.13. The number of ether oxygens (including phenoxy) is 2. The molecular formula is C19H28BrFN2O3. The minimum Gasteiger partial charge on any atom is -0.489 e. The van der Waals surface area contributed by atoms with Crippen LogP contribution in [0.4, 0.5) is 9.18 Å². The molecule has 1 aromatic rings. The van der Waals surface area contributed by atoms with Crippen LogP contribution in [-0.2, 0) is 4.74 Å². The predicted molar refractivity (Wildman–Crippen MR) is 103 cm³/mol. The summed E-state index contributed by atoms with van der Waals surface area (Å²) in [6.07, 6.45) is 0.536. The van der Waals surface area contributed by atoms with E-state index in [0.29, 0.717) is 24.2 Å². The standard InChI is InChI=1S/C19H28BrFN2O3/c1-14-13-23(18(24)26-19(2,3)4)11-10-22(14)9-6-12-25-17-15(20)7-5-8-16(17)21/h5,7-8,14H,6,9-13H2,1-4H3. The number of carbonyl (C=O) groups is 1. The van der Waals surface area contributed by atoms with Gasteiger partial charge in [-0.25, -0.2) is 9.18 Å². The zero-order valence-corrected chi connectivity index (χ0v) is 17.5. The number of benzene rings is 1. The molecule has 1 amide bonds. The Labute approximate surface area is 163 Å². The third-order valence-electron chi connectivity index (χ3n) is 4.17. The van der Waals surface area contributed by atoms with Crippen LogP contribution in [0.3, 0.4) is 0 Å². The molecule has 0 saturated carbocycles. The number of rotatable bonds is 5. The molecule has 1 aromatic carbocycles. The number of amides is 1. The fourth-order valence-electron chi connectivity index (χ4n) is 2.88. The number of halogens is 2. The fourth-order valence-corrected chi connectivity index (χ4v) is 3.34. The molecule has 0 radical (unpaired) electrons. The van der Waals surface area contributed by atoms with Gasteiger partial charge in [0.15, 0.2) is 11.6 Å². The Balaban J connectivity index is 1.74. The van der Waals surface area contributed by atoms with Gasteiger partial charge in [0.05, 0.1) is 11.1 Å². The summed E-state index contributed by atoms with van der Waals surface area (Å²) in [7, 11) is 0. The van der Waals surface area contributed by atoms with Gasteiger partial charge in [-0.15, -0.1) is 0 Å². The first-order valence-corrected chi connectivity index (χ1v) is 9.75. The second kappa shape index (κ2) is 9.04. The topological polar surface area (TPSA) is 42.0 Å². The Kier molecular flexibility index (Phi) is 7.29. The lowest BCUT2D eigenvalue weighted by atomic mass is 10.2. The van der Waals surface area contributed by atoms with Crippen LogP contribution in [0.2, 0.25) is 0 Å².